The molecule has 2 N–H and O–H groups in total. The summed E-state index contributed by atoms with van der Waals surface area (Å²) in [6.07, 6.45) is 0.384. The molecule has 88 valence electrons. The maximum absolute atomic E-state index is 12.8. The smallest absolute Gasteiger partial charge is 0.225 e. The molecule has 0 aliphatic carbocycles. The van der Waals surface area contributed by atoms with Gasteiger partial charge >= 0.3 is 0 Å². The molecule has 0 heterocycles. The molecule has 0 atom stereocenters. The van der Waals surface area contributed by atoms with Crippen molar-refractivity contribution in [3.63, 3.8) is 0 Å². The molecule has 0 radical (unpaired) electrons. The zero-order valence-electron chi connectivity index (χ0n) is 9.59. The van der Waals surface area contributed by atoms with Gasteiger partial charge in [-0.05, 0) is 18.2 Å². The van der Waals surface area contributed by atoms with E-state index in [4.69, 9.17) is 0 Å². The van der Waals surface area contributed by atoms with Crippen molar-refractivity contribution >= 4 is 11.6 Å². The fourth-order valence-electron chi connectivity index (χ4n) is 1.26. The Kier molecular flexibility index (Phi) is 4.92. The maximum Gasteiger partial charge on any atom is 0.225 e. The molecule has 0 aromatic heterocycles. The van der Waals surface area contributed by atoms with E-state index in [0.29, 0.717) is 24.7 Å². The summed E-state index contributed by atoms with van der Waals surface area (Å²) in [5, 5.41) is 5.78. The molecule has 1 aromatic carbocycles. The van der Waals surface area contributed by atoms with Gasteiger partial charge in [0.25, 0.3) is 0 Å². The number of benzene rings is 1. The van der Waals surface area contributed by atoms with Crippen LogP contribution in [-0.2, 0) is 4.79 Å². The first kappa shape index (κ1) is 12.6. The van der Waals surface area contributed by atoms with Gasteiger partial charge in [0.2, 0.25) is 5.91 Å². The molecule has 4 heteroatoms. The summed E-state index contributed by atoms with van der Waals surface area (Å²) in [6.45, 7) is 4.66. The molecule has 0 spiro atoms. The van der Waals surface area contributed by atoms with Crippen LogP contribution in [0.5, 0.6) is 0 Å². The Bertz CT molecular complexity index is 353. The van der Waals surface area contributed by atoms with Crippen LogP contribution >= 0.6 is 0 Å². The highest BCUT2D eigenvalue weighted by atomic mass is 19.1. The fraction of sp³-hybridized carbons (Fsp3) is 0.417. The summed E-state index contributed by atoms with van der Waals surface area (Å²) in [7, 11) is 0. The lowest BCUT2D eigenvalue weighted by atomic mass is 10.3. The summed E-state index contributed by atoms with van der Waals surface area (Å²) < 4.78 is 12.8. The quantitative estimate of drug-likeness (QED) is 0.804. The predicted molar refractivity (Wildman–Crippen MR) is 62.8 cm³/mol. The van der Waals surface area contributed by atoms with Crippen molar-refractivity contribution in [2.24, 2.45) is 0 Å². The fourth-order valence-corrected chi connectivity index (χ4v) is 1.26. The van der Waals surface area contributed by atoms with Gasteiger partial charge in [-0.3, -0.25) is 4.79 Å². The van der Waals surface area contributed by atoms with Gasteiger partial charge in [-0.1, -0.05) is 19.9 Å². The Hall–Kier alpha value is -1.42. The first-order valence-electron chi connectivity index (χ1n) is 5.36. The lowest BCUT2D eigenvalue weighted by Gasteiger charge is -2.08. The largest absolute Gasteiger partial charge is 0.326 e. The molecule has 0 saturated carbocycles. The number of halogens is 1. The van der Waals surface area contributed by atoms with Crippen LogP contribution in [-0.4, -0.2) is 18.5 Å². The summed E-state index contributed by atoms with van der Waals surface area (Å²) in [5.41, 5.74) is 0.495. The number of carbonyl (C=O) groups excluding carboxylic acids is 1. The Morgan fingerprint density at radius 2 is 2.19 bits per heavy atom. The van der Waals surface area contributed by atoms with Crippen molar-refractivity contribution < 1.29 is 9.18 Å². The first-order valence-corrected chi connectivity index (χ1v) is 5.36. The Morgan fingerprint density at radius 1 is 1.44 bits per heavy atom. The van der Waals surface area contributed by atoms with Crippen molar-refractivity contribution in [3.05, 3.63) is 30.1 Å². The zero-order valence-corrected chi connectivity index (χ0v) is 9.59. The molecule has 0 saturated heterocycles. The van der Waals surface area contributed by atoms with Gasteiger partial charge in [-0.2, -0.15) is 0 Å². The normalized spacial score (nSPS) is 10.5. The summed E-state index contributed by atoms with van der Waals surface area (Å²) in [4.78, 5) is 11.4. The van der Waals surface area contributed by atoms with Crippen LogP contribution in [0, 0.1) is 5.82 Å². The lowest BCUT2D eigenvalue weighted by molar-refractivity contribution is -0.116. The SMILES string of the molecule is CC(C)NCCC(=O)Nc1cccc(F)c1. The van der Waals surface area contributed by atoms with E-state index in [1.165, 1.54) is 12.1 Å². The summed E-state index contributed by atoms with van der Waals surface area (Å²) in [6, 6.07) is 6.24. The van der Waals surface area contributed by atoms with E-state index in [1.54, 1.807) is 12.1 Å². The van der Waals surface area contributed by atoms with Crippen molar-refractivity contribution in [2.75, 3.05) is 11.9 Å². The van der Waals surface area contributed by atoms with E-state index < -0.39 is 0 Å². The van der Waals surface area contributed by atoms with Gasteiger partial charge in [-0.15, -0.1) is 0 Å². The van der Waals surface area contributed by atoms with E-state index in [-0.39, 0.29) is 11.7 Å². The van der Waals surface area contributed by atoms with E-state index in [1.807, 2.05) is 13.8 Å². The number of anilines is 1. The number of carbonyl (C=O) groups is 1. The molecule has 0 aliphatic heterocycles. The molecule has 0 fully saturated rings. The molecule has 16 heavy (non-hydrogen) atoms. The average Bonchev–Trinajstić information content (AvgIpc) is 2.16. The average molecular weight is 224 g/mol. The molecular weight excluding hydrogens is 207 g/mol. The van der Waals surface area contributed by atoms with Gasteiger partial charge in [0.1, 0.15) is 5.82 Å². The van der Waals surface area contributed by atoms with Crippen molar-refractivity contribution in [3.8, 4) is 0 Å². The number of hydrogen-bond acceptors (Lipinski definition) is 2. The van der Waals surface area contributed by atoms with Gasteiger partial charge in [0.05, 0.1) is 0 Å². The van der Waals surface area contributed by atoms with Gasteiger partial charge in [-0.25, -0.2) is 4.39 Å². The van der Waals surface area contributed by atoms with Crippen LogP contribution in [0.2, 0.25) is 0 Å². The summed E-state index contributed by atoms with van der Waals surface area (Å²) >= 11 is 0. The van der Waals surface area contributed by atoms with Crippen LogP contribution in [0.25, 0.3) is 0 Å². The number of amides is 1. The standard InChI is InChI=1S/C12H17FN2O/c1-9(2)14-7-6-12(16)15-11-5-3-4-10(13)8-11/h3-5,8-9,14H,6-7H2,1-2H3,(H,15,16). The van der Waals surface area contributed by atoms with Crippen LogP contribution < -0.4 is 10.6 Å². The van der Waals surface area contributed by atoms with Gasteiger partial charge < -0.3 is 10.6 Å². The minimum absolute atomic E-state index is 0.112. The highest BCUT2D eigenvalue weighted by Crippen LogP contribution is 2.08. The molecule has 3 nitrogen and oxygen atoms in total. The Labute approximate surface area is 95.0 Å². The minimum atomic E-state index is -0.349. The van der Waals surface area contributed by atoms with Crippen LogP contribution in [0.1, 0.15) is 20.3 Å². The van der Waals surface area contributed by atoms with Crippen LogP contribution in [0.3, 0.4) is 0 Å². The second kappa shape index (κ2) is 6.23. The first-order chi connectivity index (χ1) is 7.58. The zero-order chi connectivity index (χ0) is 12.0. The van der Waals surface area contributed by atoms with Crippen molar-refractivity contribution in [2.45, 2.75) is 26.3 Å². The van der Waals surface area contributed by atoms with Crippen molar-refractivity contribution in [1.82, 2.24) is 5.32 Å². The molecule has 1 amide bonds. The molecule has 1 aromatic rings. The van der Waals surface area contributed by atoms with Crippen LogP contribution in [0.15, 0.2) is 24.3 Å². The molecule has 1 rings (SSSR count). The highest BCUT2D eigenvalue weighted by molar-refractivity contribution is 5.90. The van der Waals surface area contributed by atoms with E-state index >= 15 is 0 Å². The van der Waals surface area contributed by atoms with Crippen LogP contribution in [0.4, 0.5) is 10.1 Å². The predicted octanol–water partition coefficient (Wildman–Crippen LogP) is 2.15. The third-order valence-corrected chi connectivity index (χ3v) is 2.01. The van der Waals surface area contributed by atoms with Crippen molar-refractivity contribution in [1.29, 1.82) is 0 Å². The molecule has 0 aliphatic rings. The molecule has 0 bridgehead atoms. The van der Waals surface area contributed by atoms with Gasteiger partial charge in [0, 0.05) is 24.7 Å². The maximum atomic E-state index is 12.8. The third kappa shape index (κ3) is 4.89. The second-order valence-corrected chi connectivity index (χ2v) is 3.92. The lowest BCUT2D eigenvalue weighted by Crippen LogP contribution is -2.27. The minimum Gasteiger partial charge on any atom is -0.326 e. The second-order valence-electron chi connectivity index (χ2n) is 3.92. The highest BCUT2D eigenvalue weighted by Gasteiger charge is 2.03. The van der Waals surface area contributed by atoms with E-state index in [0.717, 1.165) is 0 Å². The topological polar surface area (TPSA) is 41.1 Å². The number of hydrogen-bond donors (Lipinski definition) is 2. The third-order valence-electron chi connectivity index (χ3n) is 2.01. The summed E-state index contributed by atoms with van der Waals surface area (Å²) in [5.74, 6) is -0.461. The van der Waals surface area contributed by atoms with E-state index in [9.17, 15) is 9.18 Å². The van der Waals surface area contributed by atoms with E-state index in [2.05, 4.69) is 10.6 Å². The Morgan fingerprint density at radius 3 is 2.81 bits per heavy atom. The molecule has 0 unspecified atom stereocenters. The molecular formula is C12H17FN2O. The number of rotatable bonds is 5. The Balaban J connectivity index is 2.34. The van der Waals surface area contributed by atoms with Gasteiger partial charge in [0.15, 0.2) is 0 Å². The number of nitrogens with one attached hydrogen (secondary N) is 2. The monoisotopic (exact) mass is 224 g/mol.